The van der Waals surface area contributed by atoms with Crippen molar-refractivity contribution in [2.75, 3.05) is 0 Å². The minimum Gasteiger partial charge on any atom is -0.103 e. The lowest BCUT2D eigenvalue weighted by molar-refractivity contribution is 0.419. The van der Waals surface area contributed by atoms with E-state index in [9.17, 15) is 0 Å². The maximum atomic E-state index is 4.04. The van der Waals surface area contributed by atoms with Gasteiger partial charge < -0.3 is 0 Å². The van der Waals surface area contributed by atoms with Crippen LogP contribution in [-0.4, -0.2) is 0 Å². The number of hydrogen-bond donors (Lipinski definition) is 0. The predicted molar refractivity (Wildman–Crippen MR) is 61.7 cm³/mol. The highest BCUT2D eigenvalue weighted by Gasteiger charge is 2.13. The lowest BCUT2D eigenvalue weighted by Crippen LogP contribution is -2.09. The zero-order valence-electron chi connectivity index (χ0n) is 9.05. The Morgan fingerprint density at radius 2 is 2.00 bits per heavy atom. The highest BCUT2D eigenvalue weighted by atomic mass is 14.2. The van der Waals surface area contributed by atoms with Gasteiger partial charge in [-0.15, -0.1) is 13.2 Å². The van der Waals surface area contributed by atoms with Crippen LogP contribution in [0.2, 0.25) is 0 Å². The van der Waals surface area contributed by atoms with Gasteiger partial charge in [0.05, 0.1) is 0 Å². The first-order chi connectivity index (χ1) is 6.15. The Bertz CT molecular complexity index is 176. The van der Waals surface area contributed by atoms with Crippen molar-refractivity contribution in [2.45, 2.75) is 33.1 Å². The van der Waals surface area contributed by atoms with Crippen molar-refractivity contribution < 1.29 is 0 Å². The molecule has 0 saturated heterocycles. The maximum Gasteiger partial charge on any atom is -0.0230 e. The topological polar surface area (TPSA) is 0 Å². The van der Waals surface area contributed by atoms with E-state index in [2.05, 4.69) is 33.6 Å². The normalized spacial score (nSPS) is 14.6. The Labute approximate surface area is 83.0 Å². The molecule has 0 aromatic rings. The molecule has 0 saturated carbocycles. The smallest absolute Gasteiger partial charge is 0.0230 e. The molecule has 74 valence electrons. The molecule has 0 aliphatic carbocycles. The van der Waals surface area contributed by atoms with Crippen LogP contribution in [0.5, 0.6) is 0 Å². The average molecular weight is 178 g/mol. The molecule has 0 fully saturated rings. The van der Waals surface area contributed by atoms with E-state index in [0.29, 0.717) is 11.8 Å². The maximum absolute atomic E-state index is 4.04. The van der Waals surface area contributed by atoms with E-state index < -0.39 is 0 Å². The largest absolute Gasteiger partial charge is 0.103 e. The first-order valence-corrected chi connectivity index (χ1v) is 5.05. The van der Waals surface area contributed by atoms with Gasteiger partial charge in [-0.1, -0.05) is 38.2 Å². The summed E-state index contributed by atoms with van der Waals surface area (Å²) in [5.41, 5.74) is 1.33. The Morgan fingerprint density at radius 3 is 2.38 bits per heavy atom. The van der Waals surface area contributed by atoms with Crippen molar-refractivity contribution in [3.05, 3.63) is 37.5 Å². The van der Waals surface area contributed by atoms with Gasteiger partial charge in [0.25, 0.3) is 0 Å². The lowest BCUT2D eigenvalue weighted by atomic mass is 9.85. The third-order valence-electron chi connectivity index (χ3n) is 2.64. The van der Waals surface area contributed by atoms with Crippen LogP contribution in [0, 0.1) is 11.8 Å². The molecule has 0 aliphatic rings. The number of hydrogen-bond acceptors (Lipinski definition) is 0. The Hall–Kier alpha value is -0.780. The Kier molecular flexibility index (Phi) is 6.30. The van der Waals surface area contributed by atoms with E-state index in [-0.39, 0.29) is 0 Å². The fourth-order valence-corrected chi connectivity index (χ4v) is 1.41. The third-order valence-corrected chi connectivity index (χ3v) is 2.64. The van der Waals surface area contributed by atoms with Gasteiger partial charge in [-0.25, -0.2) is 0 Å². The van der Waals surface area contributed by atoms with Gasteiger partial charge in [0.15, 0.2) is 0 Å². The highest BCUT2D eigenvalue weighted by molar-refractivity contribution is 4.98. The summed E-state index contributed by atoms with van der Waals surface area (Å²) in [5, 5.41) is 0. The molecule has 0 N–H and O–H groups in total. The summed E-state index contributed by atoms with van der Waals surface area (Å²) in [7, 11) is 0. The standard InChI is InChI=1S/C13H22/c1-6-9-13(12(5)8-3)10-11(4)7-2/h6,8,12-13H,1,3-4,7,9-10H2,2,5H3. The van der Waals surface area contributed by atoms with Crippen LogP contribution >= 0.6 is 0 Å². The molecule has 0 spiro atoms. The number of allylic oxidation sites excluding steroid dienone is 3. The highest BCUT2D eigenvalue weighted by Crippen LogP contribution is 2.25. The molecule has 0 aromatic carbocycles. The summed E-state index contributed by atoms with van der Waals surface area (Å²) in [4.78, 5) is 0. The first-order valence-electron chi connectivity index (χ1n) is 5.05. The van der Waals surface area contributed by atoms with Gasteiger partial charge in [0, 0.05) is 0 Å². The lowest BCUT2D eigenvalue weighted by Gasteiger charge is -2.20. The van der Waals surface area contributed by atoms with E-state index in [4.69, 9.17) is 0 Å². The van der Waals surface area contributed by atoms with E-state index >= 15 is 0 Å². The molecule has 0 heterocycles. The molecule has 0 aliphatic heterocycles. The fourth-order valence-electron chi connectivity index (χ4n) is 1.41. The monoisotopic (exact) mass is 178 g/mol. The van der Waals surface area contributed by atoms with Gasteiger partial charge in [-0.05, 0) is 31.1 Å². The molecular formula is C13H22. The number of rotatable bonds is 7. The molecule has 2 atom stereocenters. The minimum atomic E-state index is 0.557. The van der Waals surface area contributed by atoms with Gasteiger partial charge in [-0.2, -0.15) is 0 Å². The molecule has 0 aromatic heterocycles. The first kappa shape index (κ1) is 12.2. The zero-order valence-corrected chi connectivity index (χ0v) is 9.05. The molecule has 0 amide bonds. The van der Waals surface area contributed by atoms with Crippen LogP contribution in [0.4, 0.5) is 0 Å². The molecule has 0 radical (unpaired) electrons. The van der Waals surface area contributed by atoms with E-state index in [0.717, 1.165) is 19.3 Å². The van der Waals surface area contributed by atoms with Crippen molar-refractivity contribution in [1.29, 1.82) is 0 Å². The Morgan fingerprint density at radius 1 is 1.38 bits per heavy atom. The second-order valence-corrected chi connectivity index (χ2v) is 3.69. The molecule has 13 heavy (non-hydrogen) atoms. The van der Waals surface area contributed by atoms with Crippen molar-refractivity contribution in [1.82, 2.24) is 0 Å². The second kappa shape index (κ2) is 6.71. The molecular weight excluding hydrogens is 156 g/mol. The van der Waals surface area contributed by atoms with Crippen LogP contribution < -0.4 is 0 Å². The van der Waals surface area contributed by atoms with Crippen LogP contribution in [-0.2, 0) is 0 Å². The summed E-state index contributed by atoms with van der Waals surface area (Å²) in [6.45, 7) is 16.0. The van der Waals surface area contributed by atoms with Gasteiger partial charge in [-0.3, -0.25) is 0 Å². The quantitative estimate of drug-likeness (QED) is 0.508. The molecule has 2 unspecified atom stereocenters. The summed E-state index contributed by atoms with van der Waals surface area (Å²) in [6.07, 6.45) is 7.27. The van der Waals surface area contributed by atoms with Gasteiger partial charge in [0.1, 0.15) is 0 Å². The van der Waals surface area contributed by atoms with E-state index in [1.165, 1.54) is 5.57 Å². The summed E-state index contributed by atoms with van der Waals surface area (Å²) >= 11 is 0. The fraction of sp³-hybridized carbons (Fsp3) is 0.538. The predicted octanol–water partition coefficient (Wildman–Crippen LogP) is 4.36. The second-order valence-electron chi connectivity index (χ2n) is 3.69. The third kappa shape index (κ3) is 4.72. The molecule has 0 rings (SSSR count). The van der Waals surface area contributed by atoms with Gasteiger partial charge >= 0.3 is 0 Å². The zero-order chi connectivity index (χ0) is 10.3. The van der Waals surface area contributed by atoms with Crippen molar-refractivity contribution in [3.8, 4) is 0 Å². The van der Waals surface area contributed by atoms with E-state index in [1.54, 1.807) is 0 Å². The molecule has 0 heteroatoms. The minimum absolute atomic E-state index is 0.557. The van der Waals surface area contributed by atoms with Gasteiger partial charge in [0.2, 0.25) is 0 Å². The van der Waals surface area contributed by atoms with Crippen LogP contribution in [0.15, 0.2) is 37.5 Å². The SMILES string of the molecule is C=CCC(CC(=C)CC)C(C)C=C. The summed E-state index contributed by atoms with van der Waals surface area (Å²) in [5.74, 6) is 1.20. The van der Waals surface area contributed by atoms with Crippen LogP contribution in [0.1, 0.15) is 33.1 Å². The summed E-state index contributed by atoms with van der Waals surface area (Å²) < 4.78 is 0. The van der Waals surface area contributed by atoms with Crippen molar-refractivity contribution >= 4 is 0 Å². The molecule has 0 nitrogen and oxygen atoms in total. The average Bonchev–Trinajstić information content (AvgIpc) is 2.15. The van der Waals surface area contributed by atoms with Crippen molar-refractivity contribution in [3.63, 3.8) is 0 Å². The van der Waals surface area contributed by atoms with Crippen LogP contribution in [0.25, 0.3) is 0 Å². The summed E-state index contributed by atoms with van der Waals surface area (Å²) in [6, 6.07) is 0. The van der Waals surface area contributed by atoms with Crippen LogP contribution in [0.3, 0.4) is 0 Å². The molecule has 0 bridgehead atoms. The van der Waals surface area contributed by atoms with E-state index in [1.807, 2.05) is 12.2 Å². The Balaban J connectivity index is 4.15. The van der Waals surface area contributed by atoms with Crippen molar-refractivity contribution in [2.24, 2.45) is 11.8 Å².